The van der Waals surface area contributed by atoms with Gasteiger partial charge in [-0.3, -0.25) is 23.6 Å². The number of aryl methyl sites for hydroxylation is 1. The summed E-state index contributed by atoms with van der Waals surface area (Å²) in [6.45, 7) is 1.42. The molecule has 0 amide bonds. The van der Waals surface area contributed by atoms with E-state index in [1.807, 2.05) is 4.57 Å². The molecule has 0 saturated carbocycles. The van der Waals surface area contributed by atoms with Gasteiger partial charge in [0, 0.05) is 52.1 Å². The van der Waals surface area contributed by atoms with Gasteiger partial charge in [-0.25, -0.2) is 9.78 Å². The van der Waals surface area contributed by atoms with Crippen molar-refractivity contribution < 1.29 is 4.79 Å². The molecule has 2 fully saturated rings. The van der Waals surface area contributed by atoms with Crippen LogP contribution in [0.15, 0.2) is 15.9 Å². The molecule has 8 nitrogen and oxygen atoms in total. The Kier molecular flexibility index (Phi) is 3.45. The molecular weight excluding hydrogens is 310 g/mol. The number of hydrogen-bond donors (Lipinski definition) is 0. The third-order valence-electron chi connectivity index (χ3n) is 5.51. The quantitative estimate of drug-likeness (QED) is 0.766. The van der Waals surface area contributed by atoms with E-state index in [0.717, 1.165) is 24.0 Å². The maximum atomic E-state index is 12.4. The van der Waals surface area contributed by atoms with Gasteiger partial charge < -0.3 is 4.57 Å². The number of aromatic nitrogens is 4. The van der Waals surface area contributed by atoms with Crippen LogP contribution in [0, 0.1) is 0 Å². The number of ketones is 1. The van der Waals surface area contributed by atoms with Crippen molar-refractivity contribution in [2.45, 2.75) is 44.3 Å². The van der Waals surface area contributed by atoms with Gasteiger partial charge in [-0.2, -0.15) is 0 Å². The summed E-state index contributed by atoms with van der Waals surface area (Å²) in [7, 11) is 3.11. The van der Waals surface area contributed by atoms with E-state index in [9.17, 15) is 14.4 Å². The lowest BCUT2D eigenvalue weighted by Crippen LogP contribution is -2.44. The Bertz CT molecular complexity index is 922. The van der Waals surface area contributed by atoms with Gasteiger partial charge in [-0.1, -0.05) is 0 Å². The summed E-state index contributed by atoms with van der Waals surface area (Å²) in [5.41, 5.74) is 0.188. The predicted octanol–water partition coefficient (Wildman–Crippen LogP) is -0.370. The van der Waals surface area contributed by atoms with Gasteiger partial charge in [0.2, 0.25) is 0 Å². The van der Waals surface area contributed by atoms with Crippen molar-refractivity contribution in [1.82, 2.24) is 23.6 Å². The zero-order valence-electron chi connectivity index (χ0n) is 13.9. The minimum atomic E-state index is -0.370. The van der Waals surface area contributed by atoms with E-state index in [0.29, 0.717) is 48.4 Å². The van der Waals surface area contributed by atoms with E-state index in [1.165, 1.54) is 11.6 Å². The Morgan fingerprint density at radius 2 is 1.71 bits per heavy atom. The minimum absolute atomic E-state index is 0.317. The smallest absolute Gasteiger partial charge is 0.323 e. The van der Waals surface area contributed by atoms with E-state index in [1.54, 1.807) is 13.4 Å². The Morgan fingerprint density at radius 1 is 1.04 bits per heavy atom. The summed E-state index contributed by atoms with van der Waals surface area (Å²) in [5, 5.41) is 0. The van der Waals surface area contributed by atoms with E-state index in [2.05, 4.69) is 9.88 Å². The average Bonchev–Trinajstić information content (AvgIpc) is 3.08. The second kappa shape index (κ2) is 5.41. The molecule has 4 rings (SSSR count). The van der Waals surface area contributed by atoms with Crippen molar-refractivity contribution in [3.63, 3.8) is 0 Å². The maximum Gasteiger partial charge on any atom is 0.332 e. The van der Waals surface area contributed by atoms with Crippen LogP contribution < -0.4 is 11.2 Å². The molecule has 2 aromatic heterocycles. The first-order valence-electron chi connectivity index (χ1n) is 8.35. The Morgan fingerprint density at radius 3 is 2.38 bits per heavy atom. The number of carbonyl (C=O) groups is 1. The van der Waals surface area contributed by atoms with Crippen molar-refractivity contribution in [1.29, 1.82) is 0 Å². The summed E-state index contributed by atoms with van der Waals surface area (Å²) in [6.07, 6.45) is 5.09. The maximum absolute atomic E-state index is 12.4. The number of fused-ring (bicyclic) bond motifs is 3. The van der Waals surface area contributed by atoms with Crippen molar-refractivity contribution in [3.05, 3.63) is 27.2 Å². The third kappa shape index (κ3) is 2.16. The van der Waals surface area contributed by atoms with Crippen LogP contribution in [0.3, 0.4) is 0 Å². The highest BCUT2D eigenvalue weighted by Gasteiger charge is 2.39. The number of hydrogen-bond acceptors (Lipinski definition) is 5. The summed E-state index contributed by atoms with van der Waals surface area (Å²) < 4.78 is 4.34. The zero-order chi connectivity index (χ0) is 17.0. The predicted molar refractivity (Wildman–Crippen MR) is 88.0 cm³/mol. The molecule has 2 aromatic rings. The molecule has 24 heavy (non-hydrogen) atoms. The van der Waals surface area contributed by atoms with Gasteiger partial charge in [-0.05, 0) is 12.8 Å². The molecule has 2 atom stereocenters. The number of carbonyl (C=O) groups excluding carboxylic acids is 1. The molecule has 0 radical (unpaired) electrons. The molecule has 2 bridgehead atoms. The molecule has 0 aliphatic carbocycles. The SMILES string of the molecule is Cn1c(=O)c2c(ncn2CCN2C3CCC2CC(=O)C3)n(C)c1=O. The summed E-state index contributed by atoms with van der Waals surface area (Å²) >= 11 is 0. The second-order valence-corrected chi connectivity index (χ2v) is 6.89. The van der Waals surface area contributed by atoms with Gasteiger partial charge in [-0.15, -0.1) is 0 Å². The van der Waals surface area contributed by atoms with Crippen molar-refractivity contribution in [2.24, 2.45) is 14.1 Å². The molecule has 128 valence electrons. The Hall–Kier alpha value is -2.22. The molecule has 0 N–H and O–H groups in total. The lowest BCUT2D eigenvalue weighted by Gasteiger charge is -2.33. The third-order valence-corrected chi connectivity index (χ3v) is 5.51. The molecular formula is C16H21N5O3. The zero-order valence-corrected chi connectivity index (χ0v) is 13.9. The van der Waals surface area contributed by atoms with Crippen LogP contribution in [-0.4, -0.2) is 48.0 Å². The fourth-order valence-corrected chi connectivity index (χ4v) is 4.22. The van der Waals surface area contributed by atoms with Crippen LogP contribution in [0.25, 0.3) is 11.2 Å². The highest BCUT2D eigenvalue weighted by molar-refractivity contribution is 5.81. The molecule has 0 aromatic carbocycles. The van der Waals surface area contributed by atoms with Crippen LogP contribution in [-0.2, 0) is 25.4 Å². The lowest BCUT2D eigenvalue weighted by atomic mass is 10.0. The average molecular weight is 331 g/mol. The molecule has 0 spiro atoms. The lowest BCUT2D eigenvalue weighted by molar-refractivity contribution is -0.123. The van der Waals surface area contributed by atoms with E-state index in [4.69, 9.17) is 0 Å². The summed E-state index contributed by atoms with van der Waals surface area (Å²) in [6, 6.07) is 0.691. The molecule has 8 heteroatoms. The van der Waals surface area contributed by atoms with Crippen molar-refractivity contribution >= 4 is 16.9 Å². The monoisotopic (exact) mass is 331 g/mol. The normalized spacial score (nSPS) is 24.2. The first-order valence-corrected chi connectivity index (χ1v) is 8.35. The van der Waals surface area contributed by atoms with Gasteiger partial charge >= 0.3 is 5.69 Å². The fraction of sp³-hybridized carbons (Fsp3) is 0.625. The highest BCUT2D eigenvalue weighted by atomic mass is 16.2. The molecule has 2 aliphatic rings. The highest BCUT2D eigenvalue weighted by Crippen LogP contribution is 2.33. The van der Waals surface area contributed by atoms with Gasteiger partial charge in [0.05, 0.1) is 6.33 Å². The Balaban J connectivity index is 1.64. The number of rotatable bonds is 3. The summed E-state index contributed by atoms with van der Waals surface area (Å²) in [5.74, 6) is 0.371. The first kappa shape index (κ1) is 15.3. The Labute approximate surface area is 138 Å². The van der Waals surface area contributed by atoms with Crippen LogP contribution >= 0.6 is 0 Å². The van der Waals surface area contributed by atoms with Crippen LogP contribution in [0.5, 0.6) is 0 Å². The number of nitrogens with zero attached hydrogens (tertiary/aromatic N) is 5. The van der Waals surface area contributed by atoms with E-state index >= 15 is 0 Å². The standard InChI is InChI=1S/C16H21N5O3/c1-18-14-13(15(23)19(2)16(18)24)20(9-17-14)5-6-21-10-3-4-11(21)8-12(22)7-10/h9-11H,3-8H2,1-2H3. The molecule has 2 unspecified atom stereocenters. The van der Waals surface area contributed by atoms with Gasteiger partial charge in [0.1, 0.15) is 5.78 Å². The number of imidazole rings is 1. The van der Waals surface area contributed by atoms with Crippen LogP contribution in [0.2, 0.25) is 0 Å². The summed E-state index contributed by atoms with van der Waals surface area (Å²) in [4.78, 5) is 42.8. The van der Waals surface area contributed by atoms with Gasteiger partial charge in [0.15, 0.2) is 11.2 Å². The van der Waals surface area contributed by atoms with Crippen molar-refractivity contribution in [3.8, 4) is 0 Å². The second-order valence-electron chi connectivity index (χ2n) is 6.89. The van der Waals surface area contributed by atoms with E-state index < -0.39 is 0 Å². The minimum Gasteiger partial charge on any atom is -0.323 e. The molecule has 2 saturated heterocycles. The van der Waals surface area contributed by atoms with Crippen molar-refractivity contribution in [2.75, 3.05) is 6.54 Å². The first-order chi connectivity index (χ1) is 11.5. The fourth-order valence-electron chi connectivity index (χ4n) is 4.22. The van der Waals surface area contributed by atoms with Crippen LogP contribution in [0.4, 0.5) is 0 Å². The number of Topliss-reactive ketones (excluding diaryl/α,β-unsaturated/α-hetero) is 1. The largest absolute Gasteiger partial charge is 0.332 e. The van der Waals surface area contributed by atoms with E-state index in [-0.39, 0.29) is 11.2 Å². The van der Waals surface area contributed by atoms with Crippen LogP contribution in [0.1, 0.15) is 25.7 Å². The topological polar surface area (TPSA) is 82.1 Å². The molecule has 2 aliphatic heterocycles. The molecule has 4 heterocycles. The van der Waals surface area contributed by atoms with Gasteiger partial charge in [0.25, 0.3) is 5.56 Å². The number of piperidine rings is 1.